The Bertz CT molecular complexity index is 490. The molecule has 0 aromatic heterocycles. The van der Waals surface area contributed by atoms with E-state index in [4.69, 9.17) is 23.2 Å². The number of rotatable bonds is 6. The summed E-state index contributed by atoms with van der Waals surface area (Å²) in [5, 5.41) is 5.81. The van der Waals surface area contributed by atoms with Gasteiger partial charge in [-0.1, -0.05) is 37.0 Å². The number of benzene rings is 1. The van der Waals surface area contributed by atoms with Crippen LogP contribution in [0.1, 0.15) is 30.6 Å². The maximum Gasteiger partial charge on any atom is 0.253 e. The van der Waals surface area contributed by atoms with E-state index in [2.05, 4.69) is 10.6 Å². The number of halogens is 2. The highest BCUT2D eigenvalue weighted by atomic mass is 35.5. The van der Waals surface area contributed by atoms with Crippen LogP contribution in [0.4, 0.5) is 0 Å². The van der Waals surface area contributed by atoms with Gasteiger partial charge in [-0.05, 0) is 30.5 Å². The molecule has 0 aliphatic carbocycles. The maximum absolute atomic E-state index is 11.8. The maximum atomic E-state index is 11.8. The monoisotopic (exact) mass is 315 g/mol. The van der Waals surface area contributed by atoms with Crippen molar-refractivity contribution in [3.05, 3.63) is 40.4 Å². The third-order valence-electron chi connectivity index (χ3n) is 2.44. The molecule has 0 saturated heterocycles. The first-order chi connectivity index (χ1) is 9.40. The van der Waals surface area contributed by atoms with Crippen LogP contribution in [0.25, 0.3) is 0 Å². The molecule has 2 N–H and O–H groups in total. The van der Waals surface area contributed by atoms with Gasteiger partial charge < -0.3 is 10.6 Å². The molecule has 1 radical (unpaired) electrons. The fourth-order valence-corrected chi connectivity index (χ4v) is 1.88. The molecule has 2 amide bonds. The minimum atomic E-state index is -0.411. The van der Waals surface area contributed by atoms with Crippen molar-refractivity contribution in [2.75, 3.05) is 6.54 Å². The number of carbonyl (C=O) groups excluding carboxylic acids is 2. The SMILES string of the molecule is CC(C)C[CH]NC(=O)CNC(=O)c1ccc(Cl)cc1Cl. The molecular formula is C14H17Cl2N2O2. The van der Waals surface area contributed by atoms with Gasteiger partial charge in [0.05, 0.1) is 17.1 Å². The van der Waals surface area contributed by atoms with Crippen molar-refractivity contribution in [1.82, 2.24) is 10.6 Å². The summed E-state index contributed by atoms with van der Waals surface area (Å²) in [6.07, 6.45) is 0.780. The predicted octanol–water partition coefficient (Wildman–Crippen LogP) is 3.05. The third-order valence-corrected chi connectivity index (χ3v) is 2.99. The fraction of sp³-hybridized carbons (Fsp3) is 0.357. The molecule has 0 fully saturated rings. The van der Waals surface area contributed by atoms with Crippen LogP contribution in [0.5, 0.6) is 0 Å². The molecule has 6 heteroatoms. The summed E-state index contributed by atoms with van der Waals surface area (Å²) in [5.41, 5.74) is 0.287. The summed E-state index contributed by atoms with van der Waals surface area (Å²) in [5.74, 6) is -0.215. The molecule has 0 atom stereocenters. The standard InChI is InChI=1S/C14H17Cl2N2O2/c1-9(2)5-6-17-13(19)8-18-14(20)11-4-3-10(15)7-12(11)16/h3-4,6-7,9H,5,8H2,1-2H3,(H,17,19)(H,18,20). The van der Waals surface area contributed by atoms with Crippen LogP contribution in [-0.2, 0) is 4.79 Å². The molecular weight excluding hydrogens is 299 g/mol. The average molecular weight is 316 g/mol. The molecule has 0 heterocycles. The second-order valence-electron chi connectivity index (χ2n) is 4.71. The van der Waals surface area contributed by atoms with Crippen LogP contribution < -0.4 is 10.6 Å². The van der Waals surface area contributed by atoms with Crippen LogP contribution in [0, 0.1) is 12.5 Å². The Morgan fingerprint density at radius 2 is 2.00 bits per heavy atom. The summed E-state index contributed by atoms with van der Waals surface area (Å²) < 4.78 is 0. The van der Waals surface area contributed by atoms with Crippen molar-refractivity contribution in [3.8, 4) is 0 Å². The van der Waals surface area contributed by atoms with E-state index < -0.39 is 5.91 Å². The molecule has 1 rings (SSSR count). The lowest BCUT2D eigenvalue weighted by molar-refractivity contribution is -0.119. The number of hydrogen-bond donors (Lipinski definition) is 2. The van der Waals surface area contributed by atoms with Crippen molar-refractivity contribution < 1.29 is 9.59 Å². The Kier molecular flexibility index (Phi) is 6.82. The van der Waals surface area contributed by atoms with Gasteiger partial charge in [0.1, 0.15) is 0 Å². The van der Waals surface area contributed by atoms with E-state index in [9.17, 15) is 9.59 Å². The Labute approximate surface area is 128 Å². The number of amides is 2. The summed E-state index contributed by atoms with van der Waals surface area (Å²) in [6.45, 7) is 5.68. The highest BCUT2D eigenvalue weighted by Crippen LogP contribution is 2.20. The summed E-state index contributed by atoms with van der Waals surface area (Å²) >= 11 is 11.7. The van der Waals surface area contributed by atoms with Gasteiger partial charge in [0.15, 0.2) is 0 Å². The molecule has 0 bridgehead atoms. The first-order valence-corrected chi connectivity index (χ1v) is 7.00. The molecule has 20 heavy (non-hydrogen) atoms. The number of carbonyl (C=O) groups is 2. The van der Waals surface area contributed by atoms with Crippen LogP contribution in [0.15, 0.2) is 18.2 Å². The molecule has 1 aromatic rings. The van der Waals surface area contributed by atoms with Crippen molar-refractivity contribution in [3.63, 3.8) is 0 Å². The lowest BCUT2D eigenvalue weighted by Gasteiger charge is -2.08. The summed E-state index contributed by atoms with van der Waals surface area (Å²) in [4.78, 5) is 23.3. The fourth-order valence-electron chi connectivity index (χ4n) is 1.39. The Morgan fingerprint density at radius 3 is 2.60 bits per heavy atom. The molecule has 109 valence electrons. The Balaban J connectivity index is 2.41. The second kappa shape index (κ2) is 8.12. The molecule has 1 aromatic carbocycles. The zero-order valence-corrected chi connectivity index (χ0v) is 12.9. The largest absolute Gasteiger partial charge is 0.350 e. The molecule has 0 spiro atoms. The molecule has 0 aliphatic rings. The molecule has 4 nitrogen and oxygen atoms in total. The van der Waals surface area contributed by atoms with Gasteiger partial charge in [-0.2, -0.15) is 0 Å². The first kappa shape index (κ1) is 16.8. The van der Waals surface area contributed by atoms with Gasteiger partial charge in [-0.25, -0.2) is 0 Å². The Morgan fingerprint density at radius 1 is 1.30 bits per heavy atom. The summed E-state index contributed by atoms with van der Waals surface area (Å²) in [7, 11) is 0. The lowest BCUT2D eigenvalue weighted by atomic mass is 10.1. The molecule has 0 saturated carbocycles. The lowest BCUT2D eigenvalue weighted by Crippen LogP contribution is -2.36. The number of nitrogens with one attached hydrogen (secondary N) is 2. The predicted molar refractivity (Wildman–Crippen MR) is 80.7 cm³/mol. The van der Waals surface area contributed by atoms with E-state index in [1.165, 1.54) is 12.1 Å². The van der Waals surface area contributed by atoms with Gasteiger partial charge in [0.25, 0.3) is 5.91 Å². The van der Waals surface area contributed by atoms with Crippen molar-refractivity contribution in [1.29, 1.82) is 0 Å². The highest BCUT2D eigenvalue weighted by molar-refractivity contribution is 6.36. The van der Waals surface area contributed by atoms with Crippen molar-refractivity contribution in [2.45, 2.75) is 20.3 Å². The van der Waals surface area contributed by atoms with E-state index in [1.807, 2.05) is 13.8 Å². The van der Waals surface area contributed by atoms with Crippen LogP contribution in [0.2, 0.25) is 10.0 Å². The second-order valence-corrected chi connectivity index (χ2v) is 5.55. The smallest absolute Gasteiger partial charge is 0.253 e. The summed E-state index contributed by atoms with van der Waals surface area (Å²) in [6, 6.07) is 4.57. The zero-order chi connectivity index (χ0) is 15.1. The van der Waals surface area contributed by atoms with Crippen LogP contribution in [0.3, 0.4) is 0 Å². The van der Waals surface area contributed by atoms with Gasteiger partial charge in [-0.15, -0.1) is 0 Å². The third kappa shape index (κ3) is 5.80. The topological polar surface area (TPSA) is 58.2 Å². The molecule has 0 unspecified atom stereocenters. The van der Waals surface area contributed by atoms with Crippen molar-refractivity contribution >= 4 is 35.0 Å². The average Bonchev–Trinajstić information content (AvgIpc) is 2.35. The zero-order valence-electron chi connectivity index (χ0n) is 11.4. The van der Waals surface area contributed by atoms with E-state index in [1.54, 1.807) is 12.6 Å². The van der Waals surface area contributed by atoms with Crippen LogP contribution >= 0.6 is 23.2 Å². The quantitative estimate of drug-likeness (QED) is 0.847. The normalized spacial score (nSPS) is 10.4. The van der Waals surface area contributed by atoms with E-state index >= 15 is 0 Å². The van der Waals surface area contributed by atoms with Crippen LogP contribution in [-0.4, -0.2) is 18.4 Å². The van der Waals surface area contributed by atoms with Gasteiger partial charge >= 0.3 is 0 Å². The van der Waals surface area contributed by atoms with Gasteiger partial charge in [0.2, 0.25) is 5.91 Å². The highest BCUT2D eigenvalue weighted by Gasteiger charge is 2.11. The number of hydrogen-bond acceptors (Lipinski definition) is 2. The minimum Gasteiger partial charge on any atom is -0.350 e. The van der Waals surface area contributed by atoms with Gasteiger partial charge in [0, 0.05) is 11.6 Å². The van der Waals surface area contributed by atoms with E-state index in [-0.39, 0.29) is 23.0 Å². The van der Waals surface area contributed by atoms with Gasteiger partial charge in [-0.3, -0.25) is 9.59 Å². The Hall–Kier alpha value is -1.26. The van der Waals surface area contributed by atoms with Crippen molar-refractivity contribution in [2.24, 2.45) is 5.92 Å². The first-order valence-electron chi connectivity index (χ1n) is 6.24. The van der Waals surface area contributed by atoms with E-state index in [0.29, 0.717) is 10.9 Å². The molecule has 0 aliphatic heterocycles. The van der Waals surface area contributed by atoms with E-state index in [0.717, 1.165) is 6.42 Å². The minimum absolute atomic E-state index is 0.105.